The molecule has 0 unspecified atom stereocenters. The lowest BCUT2D eigenvalue weighted by Gasteiger charge is -2.32. The molecule has 9 N–H and O–H groups in total. The summed E-state index contributed by atoms with van der Waals surface area (Å²) in [5.74, 6) is 4.48. The summed E-state index contributed by atoms with van der Waals surface area (Å²) < 4.78 is 0. The number of hydrogen-bond donors (Lipinski definition) is 5. The number of nitrogens with two attached hydrogens (primary N) is 4. The zero-order valence-electron chi connectivity index (χ0n) is 15.3. The normalized spacial score (nSPS) is 15.4. The molecule has 0 bridgehead atoms. The molecule has 1 aliphatic rings. The van der Waals surface area contributed by atoms with Crippen molar-refractivity contribution in [3.8, 4) is 11.1 Å². The fourth-order valence-corrected chi connectivity index (χ4v) is 4.00. The fraction of sp³-hybridized carbons (Fsp3) is 0.211. The number of carbonyl (C=O) groups is 2. The van der Waals surface area contributed by atoms with Gasteiger partial charge in [-0.3, -0.25) is 9.59 Å². The van der Waals surface area contributed by atoms with E-state index in [-0.39, 0.29) is 11.9 Å². The predicted molar refractivity (Wildman–Crippen MR) is 105 cm³/mol. The first kappa shape index (κ1) is 19.2. The van der Waals surface area contributed by atoms with E-state index in [0.717, 1.165) is 11.1 Å². The Labute approximate surface area is 161 Å². The van der Waals surface area contributed by atoms with Gasteiger partial charge in [0.25, 0.3) is 0 Å². The minimum Gasteiger partial charge on any atom is -0.366 e. The Morgan fingerprint density at radius 1 is 1.04 bits per heavy atom. The molecule has 1 aliphatic carbocycles. The first-order valence-corrected chi connectivity index (χ1v) is 8.56. The van der Waals surface area contributed by atoms with Crippen LogP contribution in [0.25, 0.3) is 11.1 Å². The summed E-state index contributed by atoms with van der Waals surface area (Å²) in [5.41, 5.74) is 27.0. The van der Waals surface area contributed by atoms with E-state index in [4.69, 9.17) is 28.6 Å². The van der Waals surface area contributed by atoms with Crippen LogP contribution >= 0.6 is 0 Å². The van der Waals surface area contributed by atoms with Gasteiger partial charge in [-0.2, -0.15) is 5.10 Å². The molecule has 0 saturated carbocycles. The van der Waals surface area contributed by atoms with Crippen molar-refractivity contribution in [2.75, 3.05) is 0 Å². The molecule has 2 aromatic carbocycles. The number of hydrazone groups is 1. The van der Waals surface area contributed by atoms with Crippen molar-refractivity contribution in [2.45, 2.75) is 24.8 Å². The molecule has 0 fully saturated rings. The number of amidine groups is 1. The minimum absolute atomic E-state index is 0.0726. The van der Waals surface area contributed by atoms with Gasteiger partial charge in [0.2, 0.25) is 11.8 Å². The van der Waals surface area contributed by atoms with Crippen LogP contribution in [0.2, 0.25) is 0 Å². The van der Waals surface area contributed by atoms with Gasteiger partial charge in [0.05, 0.1) is 5.41 Å². The summed E-state index contributed by atoms with van der Waals surface area (Å²) >= 11 is 0. The Morgan fingerprint density at radius 3 is 1.82 bits per heavy atom. The molecule has 9 heteroatoms. The molecule has 0 aromatic heterocycles. The number of nitrogens with one attached hydrogen (secondary N) is 1. The summed E-state index contributed by atoms with van der Waals surface area (Å²) in [6.07, 6.45) is 0.358. The Bertz CT molecular complexity index is 963. The highest BCUT2D eigenvalue weighted by Crippen LogP contribution is 2.52. The monoisotopic (exact) mass is 379 g/mol. The van der Waals surface area contributed by atoms with Crippen LogP contribution in [0.1, 0.15) is 45.2 Å². The topological polar surface area (TPSA) is 187 Å². The van der Waals surface area contributed by atoms with E-state index in [1.165, 1.54) is 0 Å². The maximum Gasteiger partial charge on any atom is 0.248 e. The number of hydrogen-bond acceptors (Lipinski definition) is 6. The molecule has 28 heavy (non-hydrogen) atoms. The van der Waals surface area contributed by atoms with Gasteiger partial charge in [0, 0.05) is 17.2 Å². The Hall–Kier alpha value is -3.59. The number of primary amides is 2. The van der Waals surface area contributed by atoms with E-state index < -0.39 is 17.2 Å². The number of rotatable bonds is 5. The molecule has 0 radical (unpaired) electrons. The number of fused-ring (bicyclic) bond motifs is 3. The van der Waals surface area contributed by atoms with Gasteiger partial charge in [-0.25, -0.2) is 5.53 Å². The predicted octanol–water partition coefficient (Wildman–Crippen LogP) is 1.19. The van der Waals surface area contributed by atoms with Gasteiger partial charge in [-0.15, -0.1) is 5.11 Å². The zero-order valence-corrected chi connectivity index (χ0v) is 15.3. The van der Waals surface area contributed by atoms with Crippen molar-refractivity contribution in [3.05, 3.63) is 58.7 Å². The molecule has 9 nitrogen and oxygen atoms in total. The summed E-state index contributed by atoms with van der Waals surface area (Å²) in [6.45, 7) is 1.83. The van der Waals surface area contributed by atoms with Crippen molar-refractivity contribution < 1.29 is 9.59 Å². The van der Waals surface area contributed by atoms with Gasteiger partial charge >= 0.3 is 0 Å². The van der Waals surface area contributed by atoms with Crippen molar-refractivity contribution in [3.63, 3.8) is 0 Å². The number of carbonyl (C=O) groups excluding carboxylic acids is 2. The molecule has 144 valence electrons. The van der Waals surface area contributed by atoms with Crippen LogP contribution < -0.4 is 23.0 Å². The zero-order chi connectivity index (χ0) is 20.6. The molecule has 0 spiro atoms. The van der Waals surface area contributed by atoms with E-state index >= 15 is 0 Å². The van der Waals surface area contributed by atoms with Crippen LogP contribution in [0.3, 0.4) is 0 Å². The van der Waals surface area contributed by atoms with Gasteiger partial charge in [0.1, 0.15) is 0 Å². The molecule has 1 atom stereocenters. The summed E-state index contributed by atoms with van der Waals surface area (Å²) in [4.78, 5) is 23.4. The van der Waals surface area contributed by atoms with Crippen LogP contribution in [0.4, 0.5) is 0 Å². The van der Waals surface area contributed by atoms with E-state index in [1.54, 1.807) is 36.4 Å². The summed E-state index contributed by atoms with van der Waals surface area (Å²) in [7, 11) is 0. The average Bonchev–Trinajstić information content (AvgIpc) is 2.92. The van der Waals surface area contributed by atoms with Gasteiger partial charge < -0.3 is 23.0 Å². The van der Waals surface area contributed by atoms with Gasteiger partial charge in [-0.05, 0) is 59.9 Å². The van der Waals surface area contributed by atoms with Crippen molar-refractivity contribution in [1.82, 2.24) is 0 Å². The maximum absolute atomic E-state index is 11.7. The van der Waals surface area contributed by atoms with Crippen LogP contribution in [0.15, 0.2) is 46.6 Å². The first-order chi connectivity index (χ1) is 13.3. The largest absolute Gasteiger partial charge is 0.366 e. The molecule has 0 heterocycles. The lowest BCUT2D eigenvalue weighted by Crippen LogP contribution is -2.40. The van der Waals surface area contributed by atoms with Crippen LogP contribution in [0.5, 0.6) is 0 Å². The smallest absolute Gasteiger partial charge is 0.248 e. The standard InChI is InChI=1S/C19H21N7O2/c1-9(20)8-19(18(25-23)26-24)14-4-2-10(16(21)27)6-12(14)13-7-11(17(22)28)3-5-15(13)19/h2-7,9,23H,8,20,24H2,1H3,(H2,21,27)(H2,22,28)/t9-/m1/s1. The second kappa shape index (κ2) is 6.86. The molecular weight excluding hydrogens is 358 g/mol. The third-order valence-electron chi connectivity index (χ3n) is 5.06. The van der Waals surface area contributed by atoms with Crippen molar-refractivity contribution in [2.24, 2.45) is 33.3 Å². The molecule has 2 amide bonds. The van der Waals surface area contributed by atoms with Crippen LogP contribution in [-0.4, -0.2) is 23.7 Å². The Kier molecular flexibility index (Phi) is 4.70. The molecule has 0 saturated heterocycles. The highest BCUT2D eigenvalue weighted by molar-refractivity contribution is 6.06. The third kappa shape index (κ3) is 2.72. The Morgan fingerprint density at radius 2 is 1.50 bits per heavy atom. The van der Waals surface area contributed by atoms with E-state index in [0.29, 0.717) is 28.7 Å². The van der Waals surface area contributed by atoms with E-state index in [9.17, 15) is 9.59 Å². The second-order valence-corrected chi connectivity index (χ2v) is 6.90. The first-order valence-electron chi connectivity index (χ1n) is 8.56. The highest BCUT2D eigenvalue weighted by atomic mass is 16.1. The highest BCUT2D eigenvalue weighted by Gasteiger charge is 2.48. The second-order valence-electron chi connectivity index (χ2n) is 6.90. The molecule has 3 rings (SSSR count). The third-order valence-corrected chi connectivity index (χ3v) is 5.06. The van der Waals surface area contributed by atoms with Gasteiger partial charge in [0.15, 0.2) is 5.84 Å². The molecule has 0 aliphatic heterocycles. The van der Waals surface area contributed by atoms with E-state index in [2.05, 4.69) is 10.2 Å². The lowest BCUT2D eigenvalue weighted by atomic mass is 9.72. The average molecular weight is 379 g/mol. The number of benzene rings is 2. The molecular formula is C19H21N7O2. The van der Waals surface area contributed by atoms with Crippen LogP contribution in [0, 0.1) is 5.53 Å². The van der Waals surface area contributed by atoms with E-state index in [1.807, 2.05) is 6.92 Å². The van der Waals surface area contributed by atoms with Crippen molar-refractivity contribution in [1.29, 1.82) is 5.53 Å². The number of amides is 2. The van der Waals surface area contributed by atoms with Gasteiger partial charge in [-0.1, -0.05) is 12.1 Å². The lowest BCUT2D eigenvalue weighted by molar-refractivity contribution is 0.0991. The molecule has 2 aromatic rings. The fourth-order valence-electron chi connectivity index (χ4n) is 4.00. The SMILES string of the molecule is C[C@@H](N)CC1(C(N=N)=NN)c2ccc(C(N)=O)cc2-c2cc(C(N)=O)ccc21. The number of nitrogens with zero attached hydrogens (tertiary/aromatic N) is 2. The Balaban J connectivity index is 2.45. The summed E-state index contributed by atoms with van der Waals surface area (Å²) in [5, 5.41) is 7.31. The van der Waals surface area contributed by atoms with Crippen LogP contribution in [-0.2, 0) is 5.41 Å². The van der Waals surface area contributed by atoms with Crippen molar-refractivity contribution >= 4 is 17.6 Å². The summed E-state index contributed by atoms with van der Waals surface area (Å²) in [6, 6.07) is 9.65. The quantitative estimate of drug-likeness (QED) is 0.172. The minimum atomic E-state index is -0.998. The maximum atomic E-state index is 11.7.